The van der Waals surface area contributed by atoms with E-state index in [0.717, 1.165) is 31.4 Å². The van der Waals surface area contributed by atoms with E-state index in [1.54, 1.807) is 11.3 Å². The Morgan fingerprint density at radius 2 is 2.08 bits per heavy atom. The molecule has 0 radical (unpaired) electrons. The molecule has 0 saturated heterocycles. The third kappa shape index (κ3) is 2.67. The smallest absolute Gasteiger partial charge is 0.312 e. The van der Waals surface area contributed by atoms with Crippen molar-refractivity contribution in [3.05, 3.63) is 56.4 Å². The van der Waals surface area contributed by atoms with Crippen molar-refractivity contribution < 1.29 is 14.5 Å². The molecule has 0 unspecified atom stereocenters. The molecule has 9 heteroatoms. The summed E-state index contributed by atoms with van der Waals surface area (Å²) in [5.41, 5.74) is 5.85. The van der Waals surface area contributed by atoms with E-state index >= 15 is 0 Å². The molecule has 4 aromatic rings. The van der Waals surface area contributed by atoms with Crippen LogP contribution in [-0.4, -0.2) is 15.8 Å². The zero-order valence-electron chi connectivity index (χ0n) is 13.4. The average molecular weight is 385 g/mol. The number of thiazole rings is 1. The number of nitro benzene ring substituents is 1. The molecule has 0 fully saturated rings. The topological polar surface area (TPSA) is 108 Å². The molecule has 0 aliphatic rings. The van der Waals surface area contributed by atoms with Crippen LogP contribution in [0.2, 0.25) is 0 Å². The van der Waals surface area contributed by atoms with E-state index < -0.39 is 10.8 Å². The number of rotatable bonds is 4. The zero-order chi connectivity index (χ0) is 18.4. The Kier molecular flexibility index (Phi) is 3.82. The number of primary amides is 1. The second-order valence-electron chi connectivity index (χ2n) is 5.52. The van der Waals surface area contributed by atoms with Crippen molar-refractivity contribution >= 4 is 54.6 Å². The molecule has 1 amide bonds. The van der Waals surface area contributed by atoms with Gasteiger partial charge in [0.1, 0.15) is 5.75 Å². The highest BCUT2D eigenvalue weighted by Gasteiger charge is 2.20. The van der Waals surface area contributed by atoms with Crippen molar-refractivity contribution in [3.8, 4) is 11.5 Å². The second kappa shape index (κ2) is 6.04. The van der Waals surface area contributed by atoms with E-state index in [-0.39, 0.29) is 17.0 Å². The van der Waals surface area contributed by atoms with Crippen molar-refractivity contribution in [3.63, 3.8) is 0 Å². The first-order valence-corrected chi connectivity index (χ1v) is 9.17. The summed E-state index contributed by atoms with van der Waals surface area (Å²) < 4.78 is 7.80. The number of thiophene rings is 1. The fourth-order valence-electron chi connectivity index (χ4n) is 2.69. The average Bonchev–Trinajstić information content (AvgIpc) is 3.20. The number of aromatic nitrogens is 1. The molecule has 2 aromatic carbocycles. The lowest BCUT2D eigenvalue weighted by Crippen LogP contribution is -2.11. The normalized spacial score (nSPS) is 11.1. The summed E-state index contributed by atoms with van der Waals surface area (Å²) >= 11 is 3.07. The van der Waals surface area contributed by atoms with E-state index in [2.05, 4.69) is 4.98 Å². The minimum absolute atomic E-state index is 0.0492. The van der Waals surface area contributed by atoms with Crippen molar-refractivity contribution in [2.75, 3.05) is 0 Å². The number of nitro groups is 1. The number of ether oxygens (including phenoxy) is 1. The van der Waals surface area contributed by atoms with Gasteiger partial charge in [0.15, 0.2) is 0 Å². The summed E-state index contributed by atoms with van der Waals surface area (Å²) in [6.07, 6.45) is 0. The van der Waals surface area contributed by atoms with E-state index in [0.29, 0.717) is 5.75 Å². The van der Waals surface area contributed by atoms with E-state index in [9.17, 15) is 14.9 Å². The minimum Gasteiger partial charge on any atom is -0.449 e. The SMILES string of the molecule is Cc1nc2c(cc(Oc3ccc(C(N)=O)cc3[N+](=O)[O-])c3ccsc32)s1. The van der Waals surface area contributed by atoms with Gasteiger partial charge in [-0.15, -0.1) is 22.7 Å². The number of nitrogens with two attached hydrogens (primary N) is 1. The first kappa shape index (κ1) is 16.4. The van der Waals surface area contributed by atoms with Crippen molar-refractivity contribution in [1.29, 1.82) is 0 Å². The molecule has 0 spiro atoms. The largest absolute Gasteiger partial charge is 0.449 e. The highest BCUT2D eigenvalue weighted by molar-refractivity contribution is 7.21. The molecule has 2 N–H and O–H groups in total. The van der Waals surface area contributed by atoms with Crippen LogP contribution >= 0.6 is 22.7 Å². The van der Waals surface area contributed by atoms with Gasteiger partial charge in [0.2, 0.25) is 11.7 Å². The summed E-state index contributed by atoms with van der Waals surface area (Å²) in [6.45, 7) is 1.93. The van der Waals surface area contributed by atoms with Crippen LogP contribution in [0.3, 0.4) is 0 Å². The van der Waals surface area contributed by atoms with Crippen LogP contribution in [0.15, 0.2) is 35.7 Å². The van der Waals surface area contributed by atoms with Crippen LogP contribution in [0, 0.1) is 17.0 Å². The maximum Gasteiger partial charge on any atom is 0.312 e. The van der Waals surface area contributed by atoms with Gasteiger partial charge in [-0.05, 0) is 30.5 Å². The van der Waals surface area contributed by atoms with Crippen LogP contribution in [0.25, 0.3) is 20.3 Å². The molecule has 2 heterocycles. The van der Waals surface area contributed by atoms with Crippen LogP contribution < -0.4 is 10.5 Å². The molecular weight excluding hydrogens is 374 g/mol. The van der Waals surface area contributed by atoms with E-state index in [1.165, 1.54) is 23.5 Å². The summed E-state index contributed by atoms with van der Waals surface area (Å²) in [4.78, 5) is 26.6. The number of amides is 1. The second-order valence-corrected chi connectivity index (χ2v) is 7.67. The highest BCUT2D eigenvalue weighted by atomic mass is 32.1. The summed E-state index contributed by atoms with van der Waals surface area (Å²) in [6, 6.07) is 7.65. The molecule has 0 atom stereocenters. The summed E-state index contributed by atoms with van der Waals surface area (Å²) in [5, 5.41) is 15.1. The van der Waals surface area contributed by atoms with Gasteiger partial charge in [0.25, 0.3) is 0 Å². The molecule has 0 aliphatic carbocycles. The number of nitrogens with zero attached hydrogens (tertiary/aromatic N) is 2. The molecule has 7 nitrogen and oxygen atoms in total. The Bertz CT molecular complexity index is 1200. The Labute approximate surface area is 154 Å². The van der Waals surface area contributed by atoms with Gasteiger partial charge in [-0.25, -0.2) is 4.98 Å². The maximum atomic E-state index is 11.4. The van der Waals surface area contributed by atoms with Crippen molar-refractivity contribution in [1.82, 2.24) is 4.98 Å². The molecule has 2 aromatic heterocycles. The molecule has 130 valence electrons. The lowest BCUT2D eigenvalue weighted by molar-refractivity contribution is -0.385. The van der Waals surface area contributed by atoms with Gasteiger partial charge in [-0.3, -0.25) is 14.9 Å². The predicted octanol–water partition coefficient (Wildman–Crippen LogP) is 4.62. The highest BCUT2D eigenvalue weighted by Crippen LogP contribution is 2.42. The van der Waals surface area contributed by atoms with Gasteiger partial charge in [-0.1, -0.05) is 0 Å². The van der Waals surface area contributed by atoms with Gasteiger partial charge in [0.05, 0.1) is 24.8 Å². The number of hydrogen-bond acceptors (Lipinski definition) is 7. The lowest BCUT2D eigenvalue weighted by atomic mass is 10.1. The number of carbonyl (C=O) groups is 1. The van der Waals surface area contributed by atoms with Crippen molar-refractivity contribution in [2.45, 2.75) is 6.92 Å². The summed E-state index contributed by atoms with van der Waals surface area (Å²) in [7, 11) is 0. The zero-order valence-corrected chi connectivity index (χ0v) is 15.0. The van der Waals surface area contributed by atoms with Gasteiger partial charge < -0.3 is 10.5 Å². The molecule has 0 aliphatic heterocycles. The molecule has 0 saturated carbocycles. The summed E-state index contributed by atoms with van der Waals surface area (Å²) in [5.74, 6) is -0.179. The van der Waals surface area contributed by atoms with E-state index in [4.69, 9.17) is 10.5 Å². The Morgan fingerprint density at radius 1 is 1.27 bits per heavy atom. The van der Waals surface area contributed by atoms with Gasteiger partial charge in [-0.2, -0.15) is 0 Å². The lowest BCUT2D eigenvalue weighted by Gasteiger charge is -2.09. The minimum atomic E-state index is -0.735. The van der Waals surface area contributed by atoms with Crippen LogP contribution in [0.5, 0.6) is 11.5 Å². The Balaban J connectivity index is 1.88. The molecular formula is C17H11N3O4S2. The van der Waals surface area contributed by atoms with Gasteiger partial charge in [0, 0.05) is 23.1 Å². The maximum absolute atomic E-state index is 11.4. The molecule has 26 heavy (non-hydrogen) atoms. The number of hydrogen-bond donors (Lipinski definition) is 1. The predicted molar refractivity (Wildman–Crippen MR) is 101 cm³/mol. The van der Waals surface area contributed by atoms with Crippen LogP contribution in [0.1, 0.15) is 15.4 Å². The van der Waals surface area contributed by atoms with Crippen molar-refractivity contribution in [2.24, 2.45) is 5.73 Å². The third-order valence-electron chi connectivity index (χ3n) is 3.83. The number of carbonyl (C=O) groups excluding carboxylic acids is 1. The first-order valence-electron chi connectivity index (χ1n) is 7.47. The third-order valence-corrected chi connectivity index (χ3v) is 5.67. The monoisotopic (exact) mass is 385 g/mol. The number of aryl methyl sites for hydroxylation is 1. The van der Waals surface area contributed by atoms with E-state index in [1.807, 2.05) is 24.4 Å². The van der Waals surface area contributed by atoms with Crippen LogP contribution in [-0.2, 0) is 0 Å². The quantitative estimate of drug-likeness (QED) is 0.407. The standard InChI is InChI=1S/C17H11N3O4S2/c1-8-19-15-14(26-8)7-13(10-4-5-25-16(10)15)24-12-3-2-9(17(18)21)6-11(12)20(22)23/h2-7H,1H3,(H2,18,21). The molecule has 4 rings (SSSR count). The molecule has 0 bridgehead atoms. The first-order chi connectivity index (χ1) is 12.4. The van der Waals surface area contributed by atoms with Gasteiger partial charge >= 0.3 is 5.69 Å². The van der Waals surface area contributed by atoms with Crippen LogP contribution in [0.4, 0.5) is 5.69 Å². The Morgan fingerprint density at radius 3 is 2.81 bits per heavy atom. The number of benzene rings is 2. The number of fused-ring (bicyclic) bond motifs is 3. The fraction of sp³-hybridized carbons (Fsp3) is 0.0588. The Hall–Kier alpha value is -3.04. The fourth-order valence-corrected chi connectivity index (χ4v) is 4.52.